The predicted octanol–water partition coefficient (Wildman–Crippen LogP) is 1.20. The highest BCUT2D eigenvalue weighted by molar-refractivity contribution is 5.81. The fourth-order valence-electron chi connectivity index (χ4n) is 3.07. The topological polar surface area (TPSA) is 54.5 Å². The zero-order valence-electron chi connectivity index (χ0n) is 11.8. The zero-order chi connectivity index (χ0) is 13.9. The van der Waals surface area contributed by atoms with E-state index in [1.165, 1.54) is 12.8 Å². The molecule has 0 aliphatic carbocycles. The van der Waals surface area contributed by atoms with Crippen LogP contribution in [0.5, 0.6) is 5.75 Å². The highest BCUT2D eigenvalue weighted by Crippen LogP contribution is 2.21. The third-order valence-electron chi connectivity index (χ3n) is 4.13. The number of nitrogens with one attached hydrogen (secondary N) is 1. The molecular weight excluding hydrogens is 254 g/mol. The molecule has 5 nitrogen and oxygen atoms in total. The quantitative estimate of drug-likeness (QED) is 0.900. The first-order valence-corrected chi connectivity index (χ1v) is 7.34. The monoisotopic (exact) mass is 275 g/mol. The number of likely N-dealkylation sites (tertiary alicyclic amines) is 1. The van der Waals surface area contributed by atoms with Crippen LogP contribution in [-0.2, 0) is 4.79 Å². The number of amides is 1. The Morgan fingerprint density at radius 3 is 3.10 bits per heavy atom. The van der Waals surface area contributed by atoms with Crippen molar-refractivity contribution in [3.05, 3.63) is 24.5 Å². The minimum absolute atomic E-state index is 0.0724. The number of rotatable bonds is 3. The van der Waals surface area contributed by atoms with Crippen molar-refractivity contribution < 1.29 is 9.53 Å². The summed E-state index contributed by atoms with van der Waals surface area (Å²) in [6, 6.07) is 4.67. The first kappa shape index (κ1) is 13.4. The van der Waals surface area contributed by atoms with Crippen LogP contribution in [0.15, 0.2) is 24.5 Å². The fraction of sp³-hybridized carbons (Fsp3) is 0.600. The number of carbonyl (C=O) groups excluding carboxylic acids is 1. The molecule has 2 fully saturated rings. The molecule has 5 heteroatoms. The Morgan fingerprint density at radius 1 is 1.45 bits per heavy atom. The minimum atomic E-state index is -0.462. The maximum Gasteiger partial charge on any atom is 0.263 e. The average molecular weight is 275 g/mol. The summed E-state index contributed by atoms with van der Waals surface area (Å²) in [5, 5.41) is 3.58. The lowest BCUT2D eigenvalue weighted by atomic mass is 10.1. The van der Waals surface area contributed by atoms with Crippen molar-refractivity contribution in [3.63, 3.8) is 0 Å². The van der Waals surface area contributed by atoms with E-state index in [4.69, 9.17) is 4.74 Å². The number of hydrogen-bond acceptors (Lipinski definition) is 4. The average Bonchev–Trinajstić information content (AvgIpc) is 2.79. The molecule has 1 aromatic heterocycles. The highest BCUT2D eigenvalue weighted by atomic mass is 16.5. The summed E-state index contributed by atoms with van der Waals surface area (Å²) in [6.45, 7) is 3.44. The van der Waals surface area contributed by atoms with Gasteiger partial charge in [0.1, 0.15) is 5.75 Å². The van der Waals surface area contributed by atoms with Gasteiger partial charge >= 0.3 is 0 Å². The van der Waals surface area contributed by atoms with Gasteiger partial charge in [0.15, 0.2) is 6.10 Å². The lowest BCUT2D eigenvalue weighted by Gasteiger charge is -2.27. The largest absolute Gasteiger partial charge is 0.479 e. The Kier molecular flexibility index (Phi) is 3.87. The van der Waals surface area contributed by atoms with Gasteiger partial charge in [0, 0.05) is 31.4 Å². The van der Waals surface area contributed by atoms with Gasteiger partial charge in [-0.3, -0.25) is 9.78 Å². The van der Waals surface area contributed by atoms with E-state index in [1.807, 2.05) is 17.9 Å². The molecule has 0 aromatic carbocycles. The van der Waals surface area contributed by atoms with Gasteiger partial charge in [-0.1, -0.05) is 0 Å². The molecule has 1 aromatic rings. The standard InChI is InChI=1S/C15H21N3O2/c1-11(20-14-3-2-7-16-9-14)15(19)18-8-6-12-4-5-13(10-18)17-12/h2-3,7,9,11-13,17H,4-6,8,10H2,1H3. The van der Waals surface area contributed by atoms with E-state index in [0.29, 0.717) is 17.8 Å². The van der Waals surface area contributed by atoms with Crippen molar-refractivity contribution >= 4 is 5.91 Å². The van der Waals surface area contributed by atoms with Crippen LogP contribution in [0.4, 0.5) is 0 Å². The van der Waals surface area contributed by atoms with Crippen molar-refractivity contribution in [1.29, 1.82) is 0 Å². The number of pyridine rings is 1. The molecule has 20 heavy (non-hydrogen) atoms. The Labute approximate surface area is 119 Å². The molecule has 0 spiro atoms. The van der Waals surface area contributed by atoms with Crippen molar-refractivity contribution in [3.8, 4) is 5.75 Å². The molecule has 0 radical (unpaired) electrons. The summed E-state index contributed by atoms with van der Waals surface area (Å²) < 4.78 is 5.68. The predicted molar refractivity (Wildman–Crippen MR) is 75.5 cm³/mol. The summed E-state index contributed by atoms with van der Waals surface area (Å²) in [7, 11) is 0. The Bertz CT molecular complexity index is 465. The van der Waals surface area contributed by atoms with E-state index in [-0.39, 0.29) is 5.91 Å². The molecule has 2 aliphatic rings. The van der Waals surface area contributed by atoms with Gasteiger partial charge in [-0.2, -0.15) is 0 Å². The second kappa shape index (κ2) is 5.79. The molecule has 1 N–H and O–H groups in total. The number of carbonyl (C=O) groups is 1. The third kappa shape index (κ3) is 2.93. The lowest BCUT2D eigenvalue weighted by molar-refractivity contribution is -0.138. The first-order chi connectivity index (χ1) is 9.72. The molecule has 3 heterocycles. The normalized spacial score (nSPS) is 26.9. The maximum atomic E-state index is 12.5. The lowest BCUT2D eigenvalue weighted by Crippen LogP contribution is -2.44. The number of aromatic nitrogens is 1. The van der Waals surface area contributed by atoms with Crippen LogP contribution in [0.25, 0.3) is 0 Å². The highest BCUT2D eigenvalue weighted by Gasteiger charge is 2.32. The molecule has 108 valence electrons. The second-order valence-electron chi connectivity index (χ2n) is 5.66. The molecule has 1 amide bonds. The van der Waals surface area contributed by atoms with Crippen LogP contribution >= 0.6 is 0 Å². The van der Waals surface area contributed by atoms with Crippen LogP contribution in [0.2, 0.25) is 0 Å². The summed E-state index contributed by atoms with van der Waals surface area (Å²) in [5.74, 6) is 0.714. The van der Waals surface area contributed by atoms with Crippen LogP contribution in [0, 0.1) is 0 Å². The van der Waals surface area contributed by atoms with Crippen LogP contribution in [0.1, 0.15) is 26.2 Å². The van der Waals surface area contributed by atoms with Crippen LogP contribution in [0.3, 0.4) is 0 Å². The number of fused-ring (bicyclic) bond motifs is 2. The summed E-state index contributed by atoms with van der Waals surface area (Å²) in [6.07, 6.45) is 6.32. The molecule has 3 unspecified atom stereocenters. The minimum Gasteiger partial charge on any atom is -0.479 e. The molecule has 3 rings (SSSR count). The SMILES string of the molecule is CC(Oc1cccnc1)C(=O)N1CCC2CCC(C1)N2. The summed E-state index contributed by atoms with van der Waals surface area (Å²) in [5.41, 5.74) is 0. The molecule has 3 atom stereocenters. The van der Waals surface area contributed by atoms with E-state index in [2.05, 4.69) is 10.3 Å². The van der Waals surface area contributed by atoms with Crippen molar-refractivity contribution in [1.82, 2.24) is 15.2 Å². The summed E-state index contributed by atoms with van der Waals surface area (Å²) in [4.78, 5) is 18.4. The zero-order valence-corrected chi connectivity index (χ0v) is 11.8. The Hall–Kier alpha value is -1.62. The number of ether oxygens (including phenoxy) is 1. The maximum absolute atomic E-state index is 12.5. The van der Waals surface area contributed by atoms with E-state index in [9.17, 15) is 4.79 Å². The van der Waals surface area contributed by atoms with Gasteiger partial charge in [0.2, 0.25) is 0 Å². The molecular formula is C15H21N3O2. The first-order valence-electron chi connectivity index (χ1n) is 7.34. The van der Waals surface area contributed by atoms with Crippen LogP contribution in [-0.4, -0.2) is 47.1 Å². The van der Waals surface area contributed by atoms with Gasteiger partial charge < -0.3 is 15.0 Å². The number of nitrogens with zero attached hydrogens (tertiary/aromatic N) is 2. The van der Waals surface area contributed by atoms with Gasteiger partial charge in [-0.25, -0.2) is 0 Å². The molecule has 0 saturated carbocycles. The van der Waals surface area contributed by atoms with Crippen LogP contribution < -0.4 is 10.1 Å². The van der Waals surface area contributed by atoms with Gasteiger partial charge in [-0.15, -0.1) is 0 Å². The Morgan fingerprint density at radius 2 is 2.30 bits per heavy atom. The second-order valence-corrected chi connectivity index (χ2v) is 5.66. The summed E-state index contributed by atoms with van der Waals surface area (Å²) >= 11 is 0. The van der Waals surface area contributed by atoms with E-state index >= 15 is 0 Å². The smallest absolute Gasteiger partial charge is 0.263 e. The van der Waals surface area contributed by atoms with E-state index in [1.54, 1.807) is 18.5 Å². The van der Waals surface area contributed by atoms with E-state index < -0.39 is 6.10 Å². The van der Waals surface area contributed by atoms with E-state index in [0.717, 1.165) is 19.5 Å². The Balaban J connectivity index is 1.60. The molecule has 2 aliphatic heterocycles. The molecule has 2 saturated heterocycles. The van der Waals surface area contributed by atoms with Crippen molar-refractivity contribution in [2.75, 3.05) is 13.1 Å². The van der Waals surface area contributed by atoms with Gasteiger partial charge in [0.05, 0.1) is 6.20 Å². The van der Waals surface area contributed by atoms with Gasteiger partial charge in [0.25, 0.3) is 5.91 Å². The van der Waals surface area contributed by atoms with Crippen molar-refractivity contribution in [2.24, 2.45) is 0 Å². The van der Waals surface area contributed by atoms with Gasteiger partial charge in [-0.05, 0) is 38.3 Å². The molecule has 2 bridgehead atoms. The van der Waals surface area contributed by atoms with Crippen molar-refractivity contribution in [2.45, 2.75) is 44.4 Å². The number of hydrogen-bond donors (Lipinski definition) is 1. The fourth-order valence-corrected chi connectivity index (χ4v) is 3.07. The third-order valence-corrected chi connectivity index (χ3v) is 4.13.